The average Bonchev–Trinajstić information content (AvgIpc) is 3.31. The zero-order chi connectivity index (χ0) is 18.1. The Hall–Kier alpha value is -2.96. The van der Waals surface area contributed by atoms with Crippen molar-refractivity contribution in [3.05, 3.63) is 53.3 Å². The number of piperidine rings is 1. The highest BCUT2D eigenvalue weighted by molar-refractivity contribution is 5.93. The molecule has 3 aromatic rings. The highest BCUT2D eigenvalue weighted by Crippen LogP contribution is 2.27. The van der Waals surface area contributed by atoms with Gasteiger partial charge in [-0.2, -0.15) is 10.1 Å². The standard InChI is InChI=1S/C19H21N5O2/c1-12-5-7-14(8-6-12)16-10-17(22-21-16)19(25)24-9-3-4-15(11-24)18-20-13(2)23-26-18/h5-8,10,15H,3-4,9,11H2,1-2H3,(H,21,22). The monoisotopic (exact) mass is 351 g/mol. The van der Waals surface area contributed by atoms with Crippen LogP contribution in [-0.2, 0) is 0 Å². The lowest BCUT2D eigenvalue weighted by atomic mass is 9.97. The summed E-state index contributed by atoms with van der Waals surface area (Å²) in [7, 11) is 0. The number of amides is 1. The van der Waals surface area contributed by atoms with Crippen LogP contribution in [0.4, 0.5) is 0 Å². The van der Waals surface area contributed by atoms with E-state index in [0.29, 0.717) is 24.0 Å². The van der Waals surface area contributed by atoms with Crippen molar-refractivity contribution >= 4 is 5.91 Å². The molecule has 2 aromatic heterocycles. The molecular weight excluding hydrogens is 330 g/mol. The first kappa shape index (κ1) is 16.5. The van der Waals surface area contributed by atoms with Gasteiger partial charge in [0.05, 0.1) is 11.6 Å². The average molecular weight is 351 g/mol. The molecule has 0 bridgehead atoms. The zero-order valence-electron chi connectivity index (χ0n) is 14.9. The Labute approximate surface area is 151 Å². The Morgan fingerprint density at radius 2 is 2.08 bits per heavy atom. The lowest BCUT2D eigenvalue weighted by molar-refractivity contribution is 0.0689. The summed E-state index contributed by atoms with van der Waals surface area (Å²) in [6.07, 6.45) is 1.86. The normalized spacial score (nSPS) is 17.5. The molecule has 1 aliphatic rings. The van der Waals surface area contributed by atoms with Crippen LogP contribution in [-0.4, -0.2) is 44.2 Å². The van der Waals surface area contributed by atoms with Gasteiger partial charge in [0.15, 0.2) is 5.82 Å². The fourth-order valence-corrected chi connectivity index (χ4v) is 3.32. The third-order valence-electron chi connectivity index (χ3n) is 4.76. The summed E-state index contributed by atoms with van der Waals surface area (Å²) in [5.74, 6) is 1.29. The number of hydrogen-bond donors (Lipinski definition) is 1. The van der Waals surface area contributed by atoms with Gasteiger partial charge in [-0.1, -0.05) is 35.0 Å². The van der Waals surface area contributed by atoms with Crippen LogP contribution in [0.3, 0.4) is 0 Å². The number of rotatable bonds is 3. The summed E-state index contributed by atoms with van der Waals surface area (Å²) in [5.41, 5.74) is 3.46. The van der Waals surface area contributed by atoms with Crippen LogP contribution in [0.1, 0.15) is 46.5 Å². The molecular formula is C19H21N5O2. The molecule has 7 nitrogen and oxygen atoms in total. The fraction of sp³-hybridized carbons (Fsp3) is 0.368. The van der Waals surface area contributed by atoms with E-state index >= 15 is 0 Å². The minimum absolute atomic E-state index is 0.0446. The summed E-state index contributed by atoms with van der Waals surface area (Å²) in [4.78, 5) is 19.0. The Kier molecular flexibility index (Phi) is 4.28. The number of aryl methyl sites for hydroxylation is 2. The first-order chi connectivity index (χ1) is 12.6. The molecule has 0 aliphatic carbocycles. The molecule has 26 heavy (non-hydrogen) atoms. The molecule has 1 aromatic carbocycles. The lowest BCUT2D eigenvalue weighted by Crippen LogP contribution is -2.39. The number of benzene rings is 1. The number of nitrogens with one attached hydrogen (secondary N) is 1. The van der Waals surface area contributed by atoms with Crippen molar-refractivity contribution < 1.29 is 9.32 Å². The Bertz CT molecular complexity index is 912. The van der Waals surface area contributed by atoms with Crippen molar-refractivity contribution in [3.8, 4) is 11.3 Å². The molecule has 1 atom stereocenters. The van der Waals surface area contributed by atoms with Gasteiger partial charge >= 0.3 is 0 Å². The molecule has 4 rings (SSSR count). The molecule has 1 N–H and O–H groups in total. The van der Waals surface area contributed by atoms with Crippen molar-refractivity contribution in [1.82, 2.24) is 25.2 Å². The minimum Gasteiger partial charge on any atom is -0.339 e. The van der Waals surface area contributed by atoms with Gasteiger partial charge in [0.1, 0.15) is 5.69 Å². The van der Waals surface area contributed by atoms with Crippen LogP contribution in [0.2, 0.25) is 0 Å². The quantitative estimate of drug-likeness (QED) is 0.783. The number of carbonyl (C=O) groups excluding carboxylic acids is 1. The number of H-pyrrole nitrogens is 1. The number of hydrogen-bond acceptors (Lipinski definition) is 5. The number of aromatic amines is 1. The van der Waals surface area contributed by atoms with Crippen molar-refractivity contribution in [2.45, 2.75) is 32.6 Å². The van der Waals surface area contributed by atoms with Gasteiger partial charge < -0.3 is 9.42 Å². The molecule has 0 spiro atoms. The van der Waals surface area contributed by atoms with Gasteiger partial charge in [-0.3, -0.25) is 9.89 Å². The lowest BCUT2D eigenvalue weighted by Gasteiger charge is -2.30. The molecule has 0 saturated carbocycles. The summed E-state index contributed by atoms with van der Waals surface area (Å²) in [6.45, 7) is 5.15. The van der Waals surface area contributed by atoms with E-state index in [1.54, 1.807) is 6.92 Å². The highest BCUT2D eigenvalue weighted by atomic mass is 16.5. The predicted octanol–water partition coefficient (Wildman–Crippen LogP) is 3.10. The maximum Gasteiger partial charge on any atom is 0.271 e. The van der Waals surface area contributed by atoms with Crippen LogP contribution >= 0.6 is 0 Å². The van der Waals surface area contributed by atoms with E-state index in [9.17, 15) is 4.79 Å². The topological polar surface area (TPSA) is 87.9 Å². The number of nitrogens with zero attached hydrogens (tertiary/aromatic N) is 4. The van der Waals surface area contributed by atoms with E-state index in [2.05, 4.69) is 20.3 Å². The van der Waals surface area contributed by atoms with E-state index in [1.807, 2.05) is 42.2 Å². The molecule has 0 radical (unpaired) electrons. The van der Waals surface area contributed by atoms with E-state index in [1.165, 1.54) is 5.56 Å². The van der Waals surface area contributed by atoms with Crippen LogP contribution in [0.25, 0.3) is 11.3 Å². The molecule has 7 heteroatoms. The smallest absolute Gasteiger partial charge is 0.271 e. The first-order valence-corrected chi connectivity index (χ1v) is 8.82. The minimum atomic E-state index is -0.0446. The largest absolute Gasteiger partial charge is 0.339 e. The Morgan fingerprint density at radius 3 is 2.81 bits per heavy atom. The van der Waals surface area contributed by atoms with Gasteiger partial charge in [0, 0.05) is 18.7 Å². The van der Waals surface area contributed by atoms with E-state index < -0.39 is 0 Å². The third kappa shape index (κ3) is 3.24. The van der Waals surface area contributed by atoms with Gasteiger partial charge in [0.2, 0.25) is 5.89 Å². The fourth-order valence-electron chi connectivity index (χ4n) is 3.32. The van der Waals surface area contributed by atoms with Crippen LogP contribution in [0, 0.1) is 13.8 Å². The zero-order valence-corrected chi connectivity index (χ0v) is 14.9. The van der Waals surface area contributed by atoms with Gasteiger partial charge in [-0.05, 0) is 32.8 Å². The number of likely N-dealkylation sites (tertiary alicyclic amines) is 1. The molecule has 3 heterocycles. The molecule has 1 aliphatic heterocycles. The molecule has 134 valence electrons. The predicted molar refractivity (Wildman–Crippen MR) is 95.7 cm³/mol. The second-order valence-corrected chi connectivity index (χ2v) is 6.80. The Balaban J connectivity index is 1.49. The second-order valence-electron chi connectivity index (χ2n) is 6.80. The summed E-state index contributed by atoms with van der Waals surface area (Å²) in [6, 6.07) is 9.90. The first-order valence-electron chi connectivity index (χ1n) is 8.82. The van der Waals surface area contributed by atoms with Crippen molar-refractivity contribution in [1.29, 1.82) is 0 Å². The van der Waals surface area contributed by atoms with Crippen LogP contribution in [0.15, 0.2) is 34.9 Å². The molecule has 1 fully saturated rings. The van der Waals surface area contributed by atoms with Crippen LogP contribution < -0.4 is 0 Å². The maximum atomic E-state index is 12.9. The van der Waals surface area contributed by atoms with Gasteiger partial charge in [-0.25, -0.2) is 0 Å². The SMILES string of the molecule is Cc1ccc(-c2cc(C(=O)N3CCCC(c4nc(C)no4)C3)[nH]n2)cc1. The van der Waals surface area contributed by atoms with Crippen molar-refractivity contribution in [2.24, 2.45) is 0 Å². The van der Waals surface area contributed by atoms with E-state index in [-0.39, 0.29) is 11.8 Å². The molecule has 1 unspecified atom stereocenters. The Morgan fingerprint density at radius 1 is 1.27 bits per heavy atom. The number of aromatic nitrogens is 4. The van der Waals surface area contributed by atoms with Crippen LogP contribution in [0.5, 0.6) is 0 Å². The second kappa shape index (κ2) is 6.74. The summed E-state index contributed by atoms with van der Waals surface area (Å²) < 4.78 is 5.29. The van der Waals surface area contributed by atoms with Gasteiger partial charge in [0.25, 0.3) is 5.91 Å². The highest BCUT2D eigenvalue weighted by Gasteiger charge is 2.29. The molecule has 1 amide bonds. The summed E-state index contributed by atoms with van der Waals surface area (Å²) >= 11 is 0. The third-order valence-corrected chi connectivity index (χ3v) is 4.76. The molecule has 1 saturated heterocycles. The van der Waals surface area contributed by atoms with Gasteiger partial charge in [-0.15, -0.1) is 0 Å². The summed E-state index contributed by atoms with van der Waals surface area (Å²) in [5, 5.41) is 11.0. The van der Waals surface area contributed by atoms with E-state index in [4.69, 9.17) is 4.52 Å². The van der Waals surface area contributed by atoms with E-state index in [0.717, 1.165) is 30.6 Å². The van der Waals surface area contributed by atoms with Crippen molar-refractivity contribution in [3.63, 3.8) is 0 Å². The number of carbonyl (C=O) groups is 1. The van der Waals surface area contributed by atoms with Crippen molar-refractivity contribution in [2.75, 3.05) is 13.1 Å². The maximum absolute atomic E-state index is 12.9.